The van der Waals surface area contributed by atoms with Crippen LogP contribution >= 0.6 is 0 Å². The van der Waals surface area contributed by atoms with Crippen molar-refractivity contribution in [2.24, 2.45) is 0 Å². The summed E-state index contributed by atoms with van der Waals surface area (Å²) in [6.07, 6.45) is 1.42. The van der Waals surface area contributed by atoms with Crippen LogP contribution in [0.1, 0.15) is 34.1 Å². The van der Waals surface area contributed by atoms with Gasteiger partial charge >= 0.3 is 0 Å². The molecule has 0 aromatic rings. The van der Waals surface area contributed by atoms with Crippen LogP contribution in [-0.2, 0) is 14.2 Å². The van der Waals surface area contributed by atoms with Crippen LogP contribution in [0.3, 0.4) is 0 Å². The number of hydrogen-bond donors (Lipinski definition) is 0. The van der Waals surface area contributed by atoms with Gasteiger partial charge in [-0.15, -0.1) is 0 Å². The Bertz CT molecular complexity index is 117. The zero-order valence-electron chi connectivity index (χ0n) is 9.91. The van der Waals surface area contributed by atoms with Gasteiger partial charge in [-0.05, 0) is 27.2 Å². The topological polar surface area (TPSA) is 27.7 Å². The molecule has 0 fully saturated rings. The van der Waals surface area contributed by atoms with Crippen LogP contribution in [0.5, 0.6) is 0 Å². The lowest BCUT2D eigenvalue weighted by Gasteiger charge is -2.15. The standard InChI is InChI=1S/C11H24O3/c1-5-7-14-11(4)9-12-8-10(3)13-6-2/h10-11H,5-9H2,1-4H3. The van der Waals surface area contributed by atoms with Gasteiger partial charge in [-0.2, -0.15) is 0 Å². The second-order valence-electron chi connectivity index (χ2n) is 3.48. The van der Waals surface area contributed by atoms with Gasteiger partial charge in [0, 0.05) is 13.2 Å². The maximum Gasteiger partial charge on any atom is 0.0780 e. The van der Waals surface area contributed by atoms with Crippen molar-refractivity contribution in [2.45, 2.75) is 46.3 Å². The Kier molecular flexibility index (Phi) is 9.35. The Morgan fingerprint density at radius 2 is 1.50 bits per heavy atom. The van der Waals surface area contributed by atoms with E-state index in [0.29, 0.717) is 13.2 Å². The van der Waals surface area contributed by atoms with Gasteiger partial charge in [-0.3, -0.25) is 0 Å². The van der Waals surface area contributed by atoms with Crippen LogP contribution in [0.15, 0.2) is 0 Å². The van der Waals surface area contributed by atoms with Crippen molar-refractivity contribution in [2.75, 3.05) is 26.4 Å². The van der Waals surface area contributed by atoms with Crippen molar-refractivity contribution < 1.29 is 14.2 Å². The van der Waals surface area contributed by atoms with Crippen molar-refractivity contribution in [1.82, 2.24) is 0 Å². The number of hydrogen-bond acceptors (Lipinski definition) is 3. The first-order valence-electron chi connectivity index (χ1n) is 5.51. The summed E-state index contributed by atoms with van der Waals surface area (Å²) in [4.78, 5) is 0. The van der Waals surface area contributed by atoms with Crippen LogP contribution in [0.25, 0.3) is 0 Å². The lowest BCUT2D eigenvalue weighted by molar-refractivity contribution is -0.0444. The summed E-state index contributed by atoms with van der Waals surface area (Å²) in [5.74, 6) is 0. The fourth-order valence-corrected chi connectivity index (χ4v) is 1.10. The van der Waals surface area contributed by atoms with Gasteiger partial charge in [0.05, 0.1) is 25.4 Å². The molecule has 14 heavy (non-hydrogen) atoms. The fraction of sp³-hybridized carbons (Fsp3) is 1.00. The first kappa shape index (κ1) is 13.9. The Labute approximate surface area is 87.7 Å². The monoisotopic (exact) mass is 204 g/mol. The van der Waals surface area contributed by atoms with Gasteiger partial charge in [0.1, 0.15) is 0 Å². The smallest absolute Gasteiger partial charge is 0.0780 e. The number of rotatable bonds is 9. The van der Waals surface area contributed by atoms with Crippen LogP contribution in [0, 0.1) is 0 Å². The van der Waals surface area contributed by atoms with Crippen molar-refractivity contribution in [3.8, 4) is 0 Å². The van der Waals surface area contributed by atoms with Crippen LogP contribution in [-0.4, -0.2) is 38.6 Å². The molecule has 0 aliphatic carbocycles. The van der Waals surface area contributed by atoms with Crippen molar-refractivity contribution >= 4 is 0 Å². The second kappa shape index (κ2) is 9.44. The average molecular weight is 204 g/mol. The summed E-state index contributed by atoms with van der Waals surface area (Å²) < 4.78 is 16.3. The molecule has 0 aliphatic heterocycles. The molecule has 2 unspecified atom stereocenters. The van der Waals surface area contributed by atoms with E-state index in [4.69, 9.17) is 14.2 Å². The van der Waals surface area contributed by atoms with Crippen molar-refractivity contribution in [3.63, 3.8) is 0 Å². The SMILES string of the molecule is CCCOC(C)COCC(C)OCC. The van der Waals surface area contributed by atoms with E-state index in [-0.39, 0.29) is 12.2 Å². The first-order valence-corrected chi connectivity index (χ1v) is 5.51. The van der Waals surface area contributed by atoms with Crippen LogP contribution < -0.4 is 0 Å². The molecule has 0 radical (unpaired) electrons. The lowest BCUT2D eigenvalue weighted by Crippen LogP contribution is -2.22. The highest BCUT2D eigenvalue weighted by Gasteiger charge is 2.04. The summed E-state index contributed by atoms with van der Waals surface area (Å²) in [7, 11) is 0. The highest BCUT2D eigenvalue weighted by Crippen LogP contribution is 1.96. The van der Waals surface area contributed by atoms with E-state index in [1.54, 1.807) is 0 Å². The Balaban J connectivity index is 3.25. The van der Waals surface area contributed by atoms with Crippen molar-refractivity contribution in [3.05, 3.63) is 0 Å². The lowest BCUT2D eigenvalue weighted by atomic mass is 10.4. The van der Waals surface area contributed by atoms with Gasteiger partial charge in [-0.1, -0.05) is 6.92 Å². The minimum atomic E-state index is 0.179. The van der Waals surface area contributed by atoms with E-state index < -0.39 is 0 Å². The van der Waals surface area contributed by atoms with E-state index in [1.807, 2.05) is 20.8 Å². The normalized spacial score (nSPS) is 15.4. The summed E-state index contributed by atoms with van der Waals surface area (Å²) >= 11 is 0. The van der Waals surface area contributed by atoms with Gasteiger partial charge < -0.3 is 14.2 Å². The molecule has 0 bridgehead atoms. The molecule has 0 N–H and O–H groups in total. The summed E-state index contributed by atoms with van der Waals surface area (Å²) in [5, 5.41) is 0. The third-order valence-electron chi connectivity index (χ3n) is 1.76. The third kappa shape index (κ3) is 8.48. The largest absolute Gasteiger partial charge is 0.376 e. The molecule has 0 aliphatic rings. The summed E-state index contributed by atoms with van der Waals surface area (Å²) in [6.45, 7) is 11.0. The molecule has 2 atom stereocenters. The van der Waals surface area contributed by atoms with E-state index in [1.165, 1.54) is 0 Å². The van der Waals surface area contributed by atoms with E-state index >= 15 is 0 Å². The van der Waals surface area contributed by atoms with E-state index in [9.17, 15) is 0 Å². The molecule has 3 nitrogen and oxygen atoms in total. The van der Waals surface area contributed by atoms with E-state index in [2.05, 4.69) is 6.92 Å². The molecule has 0 rings (SSSR count). The molecule has 86 valence electrons. The minimum absolute atomic E-state index is 0.179. The molecular formula is C11H24O3. The highest BCUT2D eigenvalue weighted by molar-refractivity contribution is 4.50. The van der Waals surface area contributed by atoms with Crippen LogP contribution in [0.2, 0.25) is 0 Å². The molecule has 0 spiro atoms. The molecule has 3 heteroatoms. The molecule has 0 saturated heterocycles. The predicted octanol–water partition coefficient (Wildman–Crippen LogP) is 2.24. The minimum Gasteiger partial charge on any atom is -0.376 e. The Morgan fingerprint density at radius 3 is 2.00 bits per heavy atom. The molecule has 0 saturated carbocycles. The average Bonchev–Trinajstić information content (AvgIpc) is 2.15. The Hall–Kier alpha value is -0.120. The van der Waals surface area contributed by atoms with E-state index in [0.717, 1.165) is 19.6 Å². The van der Waals surface area contributed by atoms with Crippen molar-refractivity contribution in [1.29, 1.82) is 0 Å². The maximum absolute atomic E-state index is 5.47. The molecule has 0 aromatic carbocycles. The maximum atomic E-state index is 5.47. The molecule has 0 heterocycles. The Morgan fingerprint density at radius 1 is 0.929 bits per heavy atom. The molecular weight excluding hydrogens is 180 g/mol. The quantitative estimate of drug-likeness (QED) is 0.576. The van der Waals surface area contributed by atoms with Crippen LogP contribution in [0.4, 0.5) is 0 Å². The summed E-state index contributed by atoms with van der Waals surface area (Å²) in [6, 6.07) is 0. The predicted molar refractivity (Wildman–Crippen MR) is 57.6 cm³/mol. The third-order valence-corrected chi connectivity index (χ3v) is 1.76. The zero-order valence-corrected chi connectivity index (χ0v) is 9.91. The molecule has 0 amide bonds. The molecule has 0 aromatic heterocycles. The first-order chi connectivity index (χ1) is 6.70. The van der Waals surface area contributed by atoms with Gasteiger partial charge in [0.2, 0.25) is 0 Å². The number of ether oxygens (including phenoxy) is 3. The fourth-order valence-electron chi connectivity index (χ4n) is 1.10. The van der Waals surface area contributed by atoms with Gasteiger partial charge in [0.25, 0.3) is 0 Å². The van der Waals surface area contributed by atoms with Gasteiger partial charge in [0.15, 0.2) is 0 Å². The zero-order chi connectivity index (χ0) is 10.8. The van der Waals surface area contributed by atoms with Gasteiger partial charge in [-0.25, -0.2) is 0 Å². The summed E-state index contributed by atoms with van der Waals surface area (Å²) in [5.41, 5.74) is 0. The highest BCUT2D eigenvalue weighted by atomic mass is 16.6. The second-order valence-corrected chi connectivity index (χ2v) is 3.48.